The second-order valence-corrected chi connectivity index (χ2v) is 8.30. The fourth-order valence-electron chi connectivity index (χ4n) is 3.40. The second-order valence-electron chi connectivity index (χ2n) is 6.58. The molecule has 1 aromatic carbocycles. The minimum Gasteiger partial charge on any atom is -0.493 e. The fourth-order valence-corrected chi connectivity index (χ4v) is 4.43. The van der Waals surface area contributed by atoms with Crippen LogP contribution in [0.1, 0.15) is 23.5 Å². The van der Waals surface area contributed by atoms with Crippen molar-refractivity contribution in [1.29, 1.82) is 0 Å². The molecular weight excluding hydrogens is 396 g/mol. The highest BCUT2D eigenvalue weighted by Crippen LogP contribution is 2.39. The van der Waals surface area contributed by atoms with Gasteiger partial charge in [-0.3, -0.25) is 4.98 Å². The first-order valence-electron chi connectivity index (χ1n) is 9.12. The van der Waals surface area contributed by atoms with Gasteiger partial charge in [0.15, 0.2) is 0 Å². The van der Waals surface area contributed by atoms with Crippen molar-refractivity contribution in [2.75, 3.05) is 25.3 Å². The van der Waals surface area contributed by atoms with E-state index in [0.717, 1.165) is 44.7 Å². The van der Waals surface area contributed by atoms with Crippen LogP contribution in [0.25, 0.3) is 10.4 Å². The van der Waals surface area contributed by atoms with Crippen LogP contribution in [0.5, 0.6) is 5.75 Å². The predicted octanol–water partition coefficient (Wildman–Crippen LogP) is 4.91. The number of aromatic nitrogens is 1. The van der Waals surface area contributed by atoms with Crippen molar-refractivity contribution in [2.45, 2.75) is 18.9 Å². The summed E-state index contributed by atoms with van der Waals surface area (Å²) >= 11 is 7.64. The van der Waals surface area contributed by atoms with E-state index in [1.807, 2.05) is 18.2 Å². The number of anilines is 1. The molecule has 28 heavy (non-hydrogen) atoms. The van der Waals surface area contributed by atoms with E-state index < -0.39 is 0 Å². The van der Waals surface area contributed by atoms with Gasteiger partial charge in [-0.2, -0.15) is 0 Å². The molecule has 4 rings (SSSR count). The third-order valence-corrected chi connectivity index (χ3v) is 6.11. The molecule has 1 aliphatic heterocycles. The SMILES string of the molecule is OCOCc1ccncc1NC[C@H]1CCOc2cc(-c3ccc(Cl)s3)ccc21. The minimum absolute atomic E-state index is 0.299. The molecule has 146 valence electrons. The zero-order valence-corrected chi connectivity index (χ0v) is 16.8. The molecule has 2 N–H and O–H groups in total. The molecule has 0 amide bonds. The average molecular weight is 417 g/mol. The van der Waals surface area contributed by atoms with Crippen molar-refractivity contribution >= 4 is 28.6 Å². The number of halogens is 1. The number of aliphatic hydroxyl groups excluding tert-OH is 1. The van der Waals surface area contributed by atoms with Crippen molar-refractivity contribution < 1.29 is 14.6 Å². The number of benzene rings is 1. The maximum atomic E-state index is 8.89. The monoisotopic (exact) mass is 416 g/mol. The van der Waals surface area contributed by atoms with Crippen molar-refractivity contribution in [2.24, 2.45) is 0 Å². The lowest BCUT2D eigenvalue weighted by molar-refractivity contribution is -0.0110. The molecule has 0 radical (unpaired) electrons. The zero-order chi connectivity index (χ0) is 19.3. The summed E-state index contributed by atoms with van der Waals surface area (Å²) in [5.74, 6) is 1.28. The molecule has 0 bridgehead atoms. The van der Waals surface area contributed by atoms with Gasteiger partial charge in [0.25, 0.3) is 0 Å². The summed E-state index contributed by atoms with van der Waals surface area (Å²) in [5.41, 5.74) is 4.23. The van der Waals surface area contributed by atoms with Crippen LogP contribution in [-0.4, -0.2) is 30.0 Å². The first kappa shape index (κ1) is 19.2. The van der Waals surface area contributed by atoms with E-state index in [0.29, 0.717) is 19.1 Å². The highest BCUT2D eigenvalue weighted by Gasteiger charge is 2.22. The molecule has 0 saturated carbocycles. The topological polar surface area (TPSA) is 63.6 Å². The van der Waals surface area contributed by atoms with Gasteiger partial charge in [0.05, 0.1) is 29.4 Å². The summed E-state index contributed by atoms with van der Waals surface area (Å²) < 4.78 is 11.8. The molecular formula is C21H21ClN2O3S. The third-order valence-electron chi connectivity index (χ3n) is 4.83. The highest BCUT2D eigenvalue weighted by atomic mass is 35.5. The maximum absolute atomic E-state index is 8.89. The van der Waals surface area contributed by atoms with E-state index in [-0.39, 0.29) is 6.79 Å². The van der Waals surface area contributed by atoms with E-state index in [1.165, 1.54) is 5.56 Å². The lowest BCUT2D eigenvalue weighted by atomic mass is 9.91. The molecule has 0 unspecified atom stereocenters. The molecule has 1 atom stereocenters. The minimum atomic E-state index is -0.299. The Labute approximate surface area is 172 Å². The van der Waals surface area contributed by atoms with E-state index in [1.54, 1.807) is 23.7 Å². The Morgan fingerprint density at radius 2 is 2.21 bits per heavy atom. The number of nitrogens with zero attached hydrogens (tertiary/aromatic N) is 1. The van der Waals surface area contributed by atoms with E-state index in [2.05, 4.69) is 28.5 Å². The van der Waals surface area contributed by atoms with Gasteiger partial charge in [0.2, 0.25) is 0 Å². The molecule has 3 heterocycles. The summed E-state index contributed by atoms with van der Waals surface area (Å²) in [5, 5.41) is 12.4. The molecule has 0 fully saturated rings. The number of thiophene rings is 1. The Morgan fingerprint density at radius 3 is 3.04 bits per heavy atom. The number of hydrogen-bond acceptors (Lipinski definition) is 6. The number of hydrogen-bond donors (Lipinski definition) is 2. The van der Waals surface area contributed by atoms with Crippen molar-refractivity contribution in [3.63, 3.8) is 0 Å². The molecule has 0 spiro atoms. The summed E-state index contributed by atoms with van der Waals surface area (Å²) in [6, 6.07) is 12.2. The third kappa shape index (κ3) is 4.31. The number of aliphatic hydroxyl groups is 1. The summed E-state index contributed by atoms with van der Waals surface area (Å²) in [6.45, 7) is 1.52. The Kier molecular flexibility index (Phi) is 6.12. The maximum Gasteiger partial charge on any atom is 0.144 e. The van der Waals surface area contributed by atoms with Gasteiger partial charge in [0, 0.05) is 29.1 Å². The summed E-state index contributed by atoms with van der Waals surface area (Å²) in [7, 11) is 0. The molecule has 1 aliphatic rings. The van der Waals surface area contributed by atoms with Crippen LogP contribution in [0.15, 0.2) is 48.8 Å². The van der Waals surface area contributed by atoms with Crippen molar-refractivity contribution in [1.82, 2.24) is 4.98 Å². The Morgan fingerprint density at radius 1 is 1.29 bits per heavy atom. The molecule has 5 nitrogen and oxygen atoms in total. The number of rotatable bonds is 7. The van der Waals surface area contributed by atoms with Crippen LogP contribution in [0.2, 0.25) is 4.34 Å². The van der Waals surface area contributed by atoms with Crippen molar-refractivity contribution in [3.05, 3.63) is 64.3 Å². The van der Waals surface area contributed by atoms with E-state index >= 15 is 0 Å². The largest absolute Gasteiger partial charge is 0.493 e. The van der Waals surface area contributed by atoms with Gasteiger partial charge in [0.1, 0.15) is 12.5 Å². The zero-order valence-electron chi connectivity index (χ0n) is 15.2. The van der Waals surface area contributed by atoms with Gasteiger partial charge < -0.3 is 19.9 Å². The predicted molar refractivity (Wildman–Crippen MR) is 112 cm³/mol. The van der Waals surface area contributed by atoms with Gasteiger partial charge >= 0.3 is 0 Å². The van der Waals surface area contributed by atoms with E-state index in [9.17, 15) is 0 Å². The lowest BCUT2D eigenvalue weighted by Gasteiger charge is -2.27. The number of pyridine rings is 1. The van der Waals surface area contributed by atoms with Gasteiger partial charge in [-0.05, 0) is 41.8 Å². The number of ether oxygens (including phenoxy) is 2. The van der Waals surface area contributed by atoms with Gasteiger partial charge in [-0.15, -0.1) is 11.3 Å². The fraction of sp³-hybridized carbons (Fsp3) is 0.286. The quantitative estimate of drug-likeness (QED) is 0.536. The molecule has 3 aromatic rings. The molecule has 7 heteroatoms. The van der Waals surface area contributed by atoms with Crippen LogP contribution >= 0.6 is 22.9 Å². The highest BCUT2D eigenvalue weighted by molar-refractivity contribution is 7.19. The Balaban J connectivity index is 1.49. The van der Waals surface area contributed by atoms with Gasteiger partial charge in [-0.25, -0.2) is 0 Å². The normalized spacial score (nSPS) is 15.7. The average Bonchev–Trinajstić information content (AvgIpc) is 3.17. The van der Waals surface area contributed by atoms with Crippen LogP contribution in [0.4, 0.5) is 5.69 Å². The van der Waals surface area contributed by atoms with Gasteiger partial charge in [-0.1, -0.05) is 23.7 Å². The first-order chi connectivity index (χ1) is 13.7. The van der Waals surface area contributed by atoms with Crippen molar-refractivity contribution in [3.8, 4) is 16.2 Å². The van der Waals surface area contributed by atoms with Crippen LogP contribution in [-0.2, 0) is 11.3 Å². The number of fused-ring (bicyclic) bond motifs is 1. The van der Waals surface area contributed by atoms with Crippen LogP contribution < -0.4 is 10.1 Å². The Hall–Kier alpha value is -2.12. The summed E-state index contributed by atoms with van der Waals surface area (Å²) in [6.07, 6.45) is 4.47. The first-order valence-corrected chi connectivity index (χ1v) is 10.3. The number of nitrogens with one attached hydrogen (secondary N) is 1. The molecule has 0 saturated heterocycles. The smallest absolute Gasteiger partial charge is 0.144 e. The standard InChI is InChI=1S/C21H21ClN2O3S/c22-21-4-3-20(28-21)14-1-2-17-15(6-8-27-19(17)9-14)10-24-18-11-23-7-5-16(18)12-26-13-25/h1-5,7,9,11,15,24-25H,6,8,10,12-13H2/t15-/m1/s1. The van der Waals surface area contributed by atoms with E-state index in [4.69, 9.17) is 26.2 Å². The van der Waals surface area contributed by atoms with Crippen LogP contribution in [0, 0.1) is 0 Å². The molecule has 2 aromatic heterocycles. The lowest BCUT2D eigenvalue weighted by Crippen LogP contribution is -2.21. The van der Waals surface area contributed by atoms with Crippen LogP contribution in [0.3, 0.4) is 0 Å². The Bertz CT molecular complexity index is 947. The summed E-state index contributed by atoms with van der Waals surface area (Å²) in [4.78, 5) is 5.33. The molecule has 0 aliphatic carbocycles. The second kappa shape index (κ2) is 8.92.